The zero-order valence-electron chi connectivity index (χ0n) is 15.0. The van der Waals surface area contributed by atoms with E-state index < -0.39 is 11.6 Å². The molecular weight excluding hydrogens is 336 g/mol. The second kappa shape index (κ2) is 7.41. The number of nitrogens with two attached hydrogens (primary N) is 1. The molecule has 0 aromatic heterocycles. The van der Waals surface area contributed by atoms with Gasteiger partial charge in [-0.25, -0.2) is 8.78 Å². The highest BCUT2D eigenvalue weighted by Crippen LogP contribution is 2.26. The Morgan fingerprint density at radius 1 is 1.15 bits per heavy atom. The van der Waals surface area contributed by atoms with Gasteiger partial charge in [-0.15, -0.1) is 0 Å². The van der Waals surface area contributed by atoms with Gasteiger partial charge in [-0.2, -0.15) is 0 Å². The fourth-order valence-electron chi connectivity index (χ4n) is 3.47. The maximum atomic E-state index is 14.1. The summed E-state index contributed by atoms with van der Waals surface area (Å²) in [6, 6.07) is 10.4. The van der Waals surface area contributed by atoms with Gasteiger partial charge in [0, 0.05) is 54.6 Å². The predicted molar refractivity (Wildman–Crippen MR) is 97.7 cm³/mol. The smallest absolute Gasteiger partial charge is 0.254 e. The molecule has 138 valence electrons. The van der Waals surface area contributed by atoms with Gasteiger partial charge in [-0.3, -0.25) is 9.69 Å². The van der Waals surface area contributed by atoms with Crippen LogP contribution >= 0.6 is 0 Å². The molecule has 0 aliphatic carbocycles. The molecule has 26 heavy (non-hydrogen) atoms. The molecule has 1 aliphatic rings. The molecule has 1 aliphatic heterocycles. The molecule has 4 nitrogen and oxygen atoms in total. The highest BCUT2D eigenvalue weighted by molar-refractivity contribution is 5.94. The number of nitrogen functional groups attached to an aromatic ring is 1. The Bertz CT molecular complexity index is 794. The Hall–Kier alpha value is -2.47. The minimum absolute atomic E-state index is 0.0141. The fraction of sp³-hybridized carbons (Fsp3) is 0.350. The second-order valence-electron chi connectivity index (χ2n) is 6.81. The van der Waals surface area contributed by atoms with E-state index in [4.69, 9.17) is 5.73 Å². The minimum atomic E-state index is -0.578. The number of rotatable bonds is 3. The highest BCUT2D eigenvalue weighted by Gasteiger charge is 2.31. The molecule has 0 radical (unpaired) electrons. The third kappa shape index (κ3) is 3.70. The highest BCUT2D eigenvalue weighted by atomic mass is 19.1. The van der Waals surface area contributed by atoms with E-state index in [9.17, 15) is 13.6 Å². The summed E-state index contributed by atoms with van der Waals surface area (Å²) >= 11 is 0. The molecule has 2 aromatic rings. The number of hydrogen-bond acceptors (Lipinski definition) is 3. The van der Waals surface area contributed by atoms with Crippen LogP contribution in [0.3, 0.4) is 0 Å². The second-order valence-corrected chi connectivity index (χ2v) is 6.81. The van der Waals surface area contributed by atoms with Crippen LogP contribution < -0.4 is 5.73 Å². The number of halogens is 2. The quantitative estimate of drug-likeness (QED) is 0.854. The Labute approximate surface area is 152 Å². The first-order valence-electron chi connectivity index (χ1n) is 8.72. The summed E-state index contributed by atoms with van der Waals surface area (Å²) in [7, 11) is 0. The lowest BCUT2D eigenvalue weighted by Gasteiger charge is -2.42. The Morgan fingerprint density at radius 3 is 2.46 bits per heavy atom. The number of benzene rings is 2. The van der Waals surface area contributed by atoms with Crippen molar-refractivity contribution in [1.82, 2.24) is 9.80 Å². The Balaban J connectivity index is 1.69. The van der Waals surface area contributed by atoms with Crippen LogP contribution in [-0.2, 0) is 0 Å². The average molecular weight is 359 g/mol. The summed E-state index contributed by atoms with van der Waals surface area (Å²) in [6.45, 7) is 5.69. The monoisotopic (exact) mass is 359 g/mol. The van der Waals surface area contributed by atoms with Crippen molar-refractivity contribution < 1.29 is 13.6 Å². The molecular formula is C20H23F2N3O. The lowest BCUT2D eigenvalue weighted by Crippen LogP contribution is -2.54. The van der Waals surface area contributed by atoms with E-state index in [1.54, 1.807) is 24.3 Å². The van der Waals surface area contributed by atoms with Gasteiger partial charge in [-0.1, -0.05) is 6.07 Å². The van der Waals surface area contributed by atoms with E-state index in [1.165, 1.54) is 12.1 Å². The number of amides is 1. The Kier molecular flexibility index (Phi) is 5.23. The number of carbonyl (C=O) groups is 1. The topological polar surface area (TPSA) is 49.6 Å². The molecule has 2 N–H and O–H groups in total. The van der Waals surface area contributed by atoms with Crippen molar-refractivity contribution >= 4 is 11.6 Å². The zero-order valence-corrected chi connectivity index (χ0v) is 15.0. The molecule has 0 spiro atoms. The van der Waals surface area contributed by atoms with Crippen molar-refractivity contribution in [3.05, 3.63) is 65.2 Å². The van der Waals surface area contributed by atoms with Crippen molar-refractivity contribution in [3.63, 3.8) is 0 Å². The van der Waals surface area contributed by atoms with Gasteiger partial charge in [-0.05, 0) is 44.2 Å². The largest absolute Gasteiger partial charge is 0.399 e. The van der Waals surface area contributed by atoms with Gasteiger partial charge < -0.3 is 10.6 Å². The average Bonchev–Trinajstić information content (AvgIpc) is 2.61. The van der Waals surface area contributed by atoms with Crippen LogP contribution in [0.2, 0.25) is 0 Å². The van der Waals surface area contributed by atoms with E-state index in [2.05, 4.69) is 4.90 Å². The first-order valence-corrected chi connectivity index (χ1v) is 8.72. The van der Waals surface area contributed by atoms with Crippen LogP contribution in [0.25, 0.3) is 0 Å². The van der Waals surface area contributed by atoms with E-state index in [1.807, 2.05) is 18.7 Å². The van der Waals surface area contributed by atoms with Crippen molar-refractivity contribution in [3.8, 4) is 0 Å². The summed E-state index contributed by atoms with van der Waals surface area (Å²) in [5.41, 5.74) is 7.37. The number of anilines is 1. The van der Waals surface area contributed by atoms with Gasteiger partial charge in [0.25, 0.3) is 5.91 Å². The molecule has 1 fully saturated rings. The van der Waals surface area contributed by atoms with Crippen molar-refractivity contribution in [2.75, 3.05) is 25.4 Å². The van der Waals surface area contributed by atoms with Crippen LogP contribution in [0.1, 0.15) is 35.8 Å². The third-order valence-electron chi connectivity index (χ3n) is 5.04. The first kappa shape index (κ1) is 18.3. The molecule has 1 amide bonds. The van der Waals surface area contributed by atoms with E-state index >= 15 is 0 Å². The molecule has 2 unspecified atom stereocenters. The van der Waals surface area contributed by atoms with Crippen LogP contribution in [0.5, 0.6) is 0 Å². The lowest BCUT2D eigenvalue weighted by atomic mass is 10.0. The van der Waals surface area contributed by atoms with Crippen LogP contribution in [0, 0.1) is 11.6 Å². The third-order valence-corrected chi connectivity index (χ3v) is 5.04. The van der Waals surface area contributed by atoms with Gasteiger partial charge >= 0.3 is 0 Å². The summed E-state index contributed by atoms with van der Waals surface area (Å²) < 4.78 is 27.2. The summed E-state index contributed by atoms with van der Waals surface area (Å²) in [6.07, 6.45) is 0. The SMILES string of the molecule is CC(c1ccc(F)cc1F)N1CCN(C(=O)c2ccc(N)cc2)C(C)C1. The lowest BCUT2D eigenvalue weighted by molar-refractivity contribution is 0.0402. The maximum absolute atomic E-state index is 14.1. The van der Waals surface area contributed by atoms with Crippen molar-refractivity contribution in [2.45, 2.75) is 25.9 Å². The summed E-state index contributed by atoms with van der Waals surface area (Å²) in [4.78, 5) is 16.7. The Morgan fingerprint density at radius 2 is 1.85 bits per heavy atom. The number of piperazine rings is 1. The molecule has 0 saturated carbocycles. The summed E-state index contributed by atoms with van der Waals surface area (Å²) in [5.74, 6) is -1.14. The van der Waals surface area contributed by atoms with Crippen LogP contribution in [0.4, 0.5) is 14.5 Å². The molecule has 1 saturated heterocycles. The van der Waals surface area contributed by atoms with Gasteiger partial charge in [0.15, 0.2) is 0 Å². The number of hydrogen-bond donors (Lipinski definition) is 1. The maximum Gasteiger partial charge on any atom is 0.254 e. The molecule has 6 heteroatoms. The minimum Gasteiger partial charge on any atom is -0.399 e. The number of carbonyl (C=O) groups excluding carboxylic acids is 1. The van der Waals surface area contributed by atoms with Gasteiger partial charge in [0.2, 0.25) is 0 Å². The van der Waals surface area contributed by atoms with Gasteiger partial charge in [0.05, 0.1) is 0 Å². The number of nitrogens with zero attached hydrogens (tertiary/aromatic N) is 2. The molecule has 1 heterocycles. The van der Waals surface area contributed by atoms with E-state index in [0.717, 1.165) is 6.07 Å². The first-order chi connectivity index (χ1) is 12.4. The molecule has 3 rings (SSSR count). The fourth-order valence-corrected chi connectivity index (χ4v) is 3.47. The van der Waals surface area contributed by atoms with Crippen LogP contribution in [0.15, 0.2) is 42.5 Å². The predicted octanol–water partition coefficient (Wildman–Crippen LogP) is 3.45. The van der Waals surface area contributed by atoms with E-state index in [-0.39, 0.29) is 18.0 Å². The molecule has 0 bridgehead atoms. The molecule has 2 atom stereocenters. The van der Waals surface area contributed by atoms with Crippen molar-refractivity contribution in [2.24, 2.45) is 0 Å². The normalized spacial score (nSPS) is 19.4. The van der Waals surface area contributed by atoms with Crippen molar-refractivity contribution in [1.29, 1.82) is 0 Å². The summed E-state index contributed by atoms with van der Waals surface area (Å²) in [5, 5.41) is 0. The van der Waals surface area contributed by atoms with E-state index in [0.29, 0.717) is 36.4 Å². The van der Waals surface area contributed by atoms with Crippen LogP contribution in [-0.4, -0.2) is 41.4 Å². The standard InChI is InChI=1S/C20H23F2N3O/c1-13-12-24(14(2)18-8-5-16(21)11-19(18)22)9-10-25(13)20(26)15-3-6-17(23)7-4-15/h3-8,11,13-14H,9-10,12,23H2,1-2H3. The zero-order chi connectivity index (χ0) is 18.8. The van der Waals surface area contributed by atoms with Gasteiger partial charge in [0.1, 0.15) is 11.6 Å². The molecule has 2 aromatic carbocycles.